The maximum absolute atomic E-state index is 12.8. The molecule has 9 heteroatoms. The molecule has 7 nitrogen and oxygen atoms in total. The summed E-state index contributed by atoms with van der Waals surface area (Å²) in [6, 6.07) is 8.67. The second-order valence-electron chi connectivity index (χ2n) is 6.22. The van der Waals surface area contributed by atoms with Crippen LogP contribution in [-0.4, -0.2) is 40.8 Å². The van der Waals surface area contributed by atoms with E-state index in [1.165, 1.54) is 27.2 Å². The summed E-state index contributed by atoms with van der Waals surface area (Å²) in [5.41, 5.74) is 1.61. The highest BCUT2D eigenvalue weighted by molar-refractivity contribution is 7.92. The molecule has 1 atom stereocenters. The molecule has 0 aliphatic carbocycles. The number of carbonyl (C=O) groups is 1. The summed E-state index contributed by atoms with van der Waals surface area (Å²) in [5, 5.41) is 3.30. The first-order chi connectivity index (χ1) is 13.1. The molecule has 0 saturated heterocycles. The molecule has 2 aromatic carbocycles. The highest BCUT2D eigenvalue weighted by atomic mass is 35.5. The van der Waals surface area contributed by atoms with Crippen LogP contribution in [0, 0.1) is 6.92 Å². The van der Waals surface area contributed by atoms with Crippen LogP contribution in [0.1, 0.15) is 12.5 Å². The van der Waals surface area contributed by atoms with E-state index in [0.29, 0.717) is 22.2 Å². The van der Waals surface area contributed by atoms with Gasteiger partial charge in [-0.1, -0.05) is 11.6 Å². The first-order valence-corrected chi connectivity index (χ1v) is 10.6. The van der Waals surface area contributed by atoms with Crippen LogP contribution in [-0.2, 0) is 14.8 Å². The molecule has 2 aromatic rings. The smallest absolute Gasteiger partial charge is 0.248 e. The maximum Gasteiger partial charge on any atom is 0.248 e. The Bertz CT molecular complexity index is 978. The fourth-order valence-electron chi connectivity index (χ4n) is 2.78. The number of rotatable bonds is 7. The van der Waals surface area contributed by atoms with Gasteiger partial charge in [-0.3, -0.25) is 9.10 Å². The van der Waals surface area contributed by atoms with Crippen LogP contribution < -0.4 is 19.1 Å². The molecule has 0 fully saturated rings. The zero-order chi connectivity index (χ0) is 21.1. The van der Waals surface area contributed by atoms with Crippen LogP contribution in [0.4, 0.5) is 11.4 Å². The molecule has 2 rings (SSSR count). The van der Waals surface area contributed by atoms with Gasteiger partial charge in [0.2, 0.25) is 15.9 Å². The second kappa shape index (κ2) is 8.70. The quantitative estimate of drug-likeness (QED) is 0.732. The SMILES string of the molecule is COc1ccc(N([C@H](C)C(=O)Nc2ccc(Cl)cc2C)S(C)(=O)=O)cc1OC. The highest BCUT2D eigenvalue weighted by Crippen LogP contribution is 2.33. The second-order valence-corrected chi connectivity index (χ2v) is 8.52. The van der Waals surface area contributed by atoms with Gasteiger partial charge in [0, 0.05) is 16.8 Å². The van der Waals surface area contributed by atoms with Gasteiger partial charge in [-0.2, -0.15) is 0 Å². The molecule has 152 valence electrons. The molecule has 1 N–H and O–H groups in total. The third kappa shape index (κ3) is 4.88. The number of aryl methyl sites for hydroxylation is 1. The molecule has 0 aliphatic heterocycles. The van der Waals surface area contributed by atoms with Gasteiger partial charge in [-0.25, -0.2) is 8.42 Å². The average molecular weight is 427 g/mol. The minimum atomic E-state index is -3.76. The Labute approximate surface area is 170 Å². The van der Waals surface area contributed by atoms with E-state index in [1.807, 2.05) is 0 Å². The lowest BCUT2D eigenvalue weighted by Crippen LogP contribution is -2.45. The Balaban J connectivity index is 2.39. The molecule has 28 heavy (non-hydrogen) atoms. The number of nitrogens with one attached hydrogen (secondary N) is 1. The Morgan fingerprint density at radius 1 is 1.11 bits per heavy atom. The molecule has 0 unspecified atom stereocenters. The Morgan fingerprint density at radius 3 is 2.29 bits per heavy atom. The molecule has 0 radical (unpaired) electrons. The van der Waals surface area contributed by atoms with Crippen LogP contribution >= 0.6 is 11.6 Å². The van der Waals surface area contributed by atoms with E-state index in [2.05, 4.69) is 5.32 Å². The number of nitrogens with zero attached hydrogens (tertiary/aromatic N) is 1. The van der Waals surface area contributed by atoms with Crippen molar-refractivity contribution in [3.8, 4) is 11.5 Å². The lowest BCUT2D eigenvalue weighted by Gasteiger charge is -2.29. The fraction of sp³-hybridized carbons (Fsp3) is 0.316. The molecule has 0 heterocycles. The molecule has 0 saturated carbocycles. The zero-order valence-corrected chi connectivity index (χ0v) is 17.9. The van der Waals surface area contributed by atoms with Crippen molar-refractivity contribution >= 4 is 38.9 Å². The normalized spacial score (nSPS) is 12.2. The number of methoxy groups -OCH3 is 2. The number of amides is 1. The van der Waals surface area contributed by atoms with Crippen LogP contribution in [0.15, 0.2) is 36.4 Å². The molecule has 1 amide bonds. The average Bonchev–Trinajstić information content (AvgIpc) is 2.62. The third-order valence-corrected chi connectivity index (χ3v) is 5.63. The number of benzene rings is 2. The monoisotopic (exact) mass is 426 g/mol. The predicted octanol–water partition coefficient (Wildman–Crippen LogP) is 3.46. The van der Waals surface area contributed by atoms with Crippen molar-refractivity contribution in [2.75, 3.05) is 30.1 Å². The van der Waals surface area contributed by atoms with Crippen LogP contribution in [0.2, 0.25) is 5.02 Å². The van der Waals surface area contributed by atoms with Crippen LogP contribution in [0.25, 0.3) is 0 Å². The Hall–Kier alpha value is -2.45. The van der Waals surface area contributed by atoms with E-state index in [4.69, 9.17) is 21.1 Å². The van der Waals surface area contributed by atoms with Crippen molar-refractivity contribution in [3.63, 3.8) is 0 Å². The number of anilines is 2. The van der Waals surface area contributed by atoms with Gasteiger partial charge >= 0.3 is 0 Å². The lowest BCUT2D eigenvalue weighted by molar-refractivity contribution is -0.116. The third-order valence-electron chi connectivity index (χ3n) is 4.16. The molecular weight excluding hydrogens is 404 g/mol. The Morgan fingerprint density at radius 2 is 1.75 bits per heavy atom. The molecule has 0 bridgehead atoms. The number of sulfonamides is 1. The molecular formula is C19H23ClN2O5S. The van der Waals surface area contributed by atoms with E-state index in [1.54, 1.807) is 37.3 Å². The first-order valence-electron chi connectivity index (χ1n) is 8.37. The summed E-state index contributed by atoms with van der Waals surface area (Å²) in [7, 11) is -0.828. The van der Waals surface area contributed by atoms with Gasteiger partial charge in [0.25, 0.3) is 0 Å². The fourth-order valence-corrected chi connectivity index (χ4v) is 4.17. The number of ether oxygens (including phenoxy) is 2. The van der Waals surface area contributed by atoms with E-state index in [0.717, 1.165) is 16.1 Å². The number of halogens is 1. The van der Waals surface area contributed by atoms with Crippen molar-refractivity contribution in [1.82, 2.24) is 0 Å². The van der Waals surface area contributed by atoms with Gasteiger partial charge in [0.15, 0.2) is 11.5 Å². The zero-order valence-electron chi connectivity index (χ0n) is 16.3. The number of carbonyl (C=O) groups excluding carboxylic acids is 1. The van der Waals surface area contributed by atoms with Gasteiger partial charge < -0.3 is 14.8 Å². The first kappa shape index (κ1) is 21.8. The van der Waals surface area contributed by atoms with E-state index < -0.39 is 22.0 Å². The summed E-state index contributed by atoms with van der Waals surface area (Å²) >= 11 is 5.94. The molecule has 0 spiro atoms. The van der Waals surface area contributed by atoms with Crippen LogP contribution in [0.3, 0.4) is 0 Å². The predicted molar refractivity (Wildman–Crippen MR) is 111 cm³/mol. The van der Waals surface area contributed by atoms with Crippen molar-refractivity contribution in [1.29, 1.82) is 0 Å². The summed E-state index contributed by atoms with van der Waals surface area (Å²) in [4.78, 5) is 12.8. The topological polar surface area (TPSA) is 84.9 Å². The van der Waals surface area contributed by atoms with Gasteiger partial charge in [-0.05, 0) is 49.7 Å². The van der Waals surface area contributed by atoms with Crippen LogP contribution in [0.5, 0.6) is 11.5 Å². The number of hydrogen-bond donors (Lipinski definition) is 1. The highest BCUT2D eigenvalue weighted by Gasteiger charge is 2.30. The van der Waals surface area contributed by atoms with Crippen molar-refractivity contribution in [2.24, 2.45) is 0 Å². The minimum Gasteiger partial charge on any atom is -0.493 e. The summed E-state index contributed by atoms with van der Waals surface area (Å²) in [6.45, 7) is 3.31. The van der Waals surface area contributed by atoms with E-state index in [-0.39, 0.29) is 5.69 Å². The molecule has 0 aromatic heterocycles. The number of hydrogen-bond acceptors (Lipinski definition) is 5. The van der Waals surface area contributed by atoms with Gasteiger partial charge in [-0.15, -0.1) is 0 Å². The minimum absolute atomic E-state index is 0.288. The van der Waals surface area contributed by atoms with Gasteiger partial charge in [0.05, 0.1) is 26.2 Å². The standard InChI is InChI=1S/C19H23ClN2O5S/c1-12-10-14(20)6-8-16(12)21-19(23)13(2)22(28(5,24)25)15-7-9-17(26-3)18(11-15)27-4/h6-11,13H,1-5H3,(H,21,23)/t13-/m1/s1. The summed E-state index contributed by atoms with van der Waals surface area (Å²) in [5.74, 6) is 0.328. The van der Waals surface area contributed by atoms with Crippen molar-refractivity contribution < 1.29 is 22.7 Å². The van der Waals surface area contributed by atoms with Crippen molar-refractivity contribution in [2.45, 2.75) is 19.9 Å². The lowest BCUT2D eigenvalue weighted by atomic mass is 10.2. The summed E-state index contributed by atoms with van der Waals surface area (Å²) < 4.78 is 36.4. The maximum atomic E-state index is 12.8. The molecule has 0 aliphatic rings. The summed E-state index contributed by atoms with van der Waals surface area (Å²) in [6.07, 6.45) is 1.04. The van der Waals surface area contributed by atoms with E-state index in [9.17, 15) is 13.2 Å². The van der Waals surface area contributed by atoms with E-state index >= 15 is 0 Å². The Kier molecular flexibility index (Phi) is 6.79. The van der Waals surface area contributed by atoms with Gasteiger partial charge in [0.1, 0.15) is 6.04 Å². The van der Waals surface area contributed by atoms with Crippen molar-refractivity contribution in [3.05, 3.63) is 47.0 Å². The largest absolute Gasteiger partial charge is 0.493 e.